The summed E-state index contributed by atoms with van der Waals surface area (Å²) in [5, 5.41) is 3.02. The first-order valence-electron chi connectivity index (χ1n) is 6.63. The first kappa shape index (κ1) is 14.1. The standard InChI is InChI=1S/C14H22N2O3/c1-11-12(4-7-19-11)13(17)15-10-14(16(2)3)5-8-18-9-6-14/h4,7H,5-6,8-10H2,1-3H3,(H,15,17). The molecule has 0 aromatic carbocycles. The molecule has 1 aliphatic heterocycles. The van der Waals surface area contributed by atoms with Crippen LogP contribution < -0.4 is 5.32 Å². The van der Waals surface area contributed by atoms with E-state index in [2.05, 4.69) is 24.3 Å². The lowest BCUT2D eigenvalue weighted by molar-refractivity contribution is -0.00658. The minimum Gasteiger partial charge on any atom is -0.469 e. The zero-order valence-corrected chi connectivity index (χ0v) is 11.9. The third-order valence-electron chi connectivity index (χ3n) is 4.05. The van der Waals surface area contributed by atoms with Crippen LogP contribution in [0.4, 0.5) is 0 Å². The molecule has 1 aliphatic rings. The van der Waals surface area contributed by atoms with E-state index < -0.39 is 0 Å². The van der Waals surface area contributed by atoms with Gasteiger partial charge in [0.05, 0.1) is 11.8 Å². The zero-order valence-electron chi connectivity index (χ0n) is 11.9. The van der Waals surface area contributed by atoms with Crippen molar-refractivity contribution in [3.63, 3.8) is 0 Å². The smallest absolute Gasteiger partial charge is 0.254 e. The Balaban J connectivity index is 1.99. The summed E-state index contributed by atoms with van der Waals surface area (Å²) in [5.74, 6) is 0.586. The fourth-order valence-corrected chi connectivity index (χ4v) is 2.49. The lowest BCUT2D eigenvalue weighted by Crippen LogP contribution is -2.55. The van der Waals surface area contributed by atoms with Crippen LogP contribution >= 0.6 is 0 Å². The highest BCUT2D eigenvalue weighted by Crippen LogP contribution is 2.25. The Morgan fingerprint density at radius 2 is 2.11 bits per heavy atom. The van der Waals surface area contributed by atoms with Crippen molar-refractivity contribution >= 4 is 5.91 Å². The summed E-state index contributed by atoms with van der Waals surface area (Å²) < 4.78 is 10.6. The van der Waals surface area contributed by atoms with E-state index >= 15 is 0 Å². The van der Waals surface area contributed by atoms with Crippen molar-refractivity contribution in [2.45, 2.75) is 25.3 Å². The van der Waals surface area contributed by atoms with Gasteiger partial charge in [-0.1, -0.05) is 0 Å². The number of nitrogens with one attached hydrogen (secondary N) is 1. The summed E-state index contributed by atoms with van der Waals surface area (Å²) in [7, 11) is 4.11. The lowest BCUT2D eigenvalue weighted by Gasteiger charge is -2.42. The maximum Gasteiger partial charge on any atom is 0.254 e. The van der Waals surface area contributed by atoms with Gasteiger partial charge in [0.15, 0.2) is 0 Å². The van der Waals surface area contributed by atoms with Gasteiger partial charge in [0.2, 0.25) is 0 Å². The van der Waals surface area contributed by atoms with Crippen molar-refractivity contribution in [2.24, 2.45) is 0 Å². The normalized spacial score (nSPS) is 18.5. The average Bonchev–Trinajstić information content (AvgIpc) is 2.83. The van der Waals surface area contributed by atoms with Crippen LogP contribution in [-0.2, 0) is 4.74 Å². The Labute approximate surface area is 113 Å². The van der Waals surface area contributed by atoms with Crippen LogP contribution in [0.1, 0.15) is 29.0 Å². The minimum absolute atomic E-state index is 0.00838. The molecule has 2 rings (SSSR count). The van der Waals surface area contributed by atoms with Gasteiger partial charge in [0.1, 0.15) is 5.76 Å². The van der Waals surface area contributed by atoms with E-state index in [0.717, 1.165) is 26.1 Å². The number of amides is 1. The molecule has 0 spiro atoms. The molecule has 1 saturated heterocycles. The van der Waals surface area contributed by atoms with Crippen molar-refractivity contribution in [1.29, 1.82) is 0 Å². The number of rotatable bonds is 4. The summed E-state index contributed by atoms with van der Waals surface area (Å²) in [6, 6.07) is 1.71. The summed E-state index contributed by atoms with van der Waals surface area (Å²) in [6.45, 7) is 3.93. The van der Waals surface area contributed by atoms with Gasteiger partial charge in [-0.05, 0) is 39.9 Å². The Bertz CT molecular complexity index is 434. The van der Waals surface area contributed by atoms with Gasteiger partial charge in [0, 0.05) is 25.3 Å². The third-order valence-corrected chi connectivity index (χ3v) is 4.05. The molecule has 0 radical (unpaired) electrons. The Morgan fingerprint density at radius 3 is 2.63 bits per heavy atom. The molecule has 1 fully saturated rings. The maximum atomic E-state index is 12.1. The van der Waals surface area contributed by atoms with E-state index in [9.17, 15) is 4.79 Å². The first-order valence-corrected chi connectivity index (χ1v) is 6.63. The van der Waals surface area contributed by atoms with Crippen molar-refractivity contribution in [3.8, 4) is 0 Å². The summed E-state index contributed by atoms with van der Waals surface area (Å²) >= 11 is 0. The molecule has 5 nitrogen and oxygen atoms in total. The molecule has 0 bridgehead atoms. The van der Waals surface area contributed by atoms with E-state index in [1.807, 2.05) is 0 Å². The Kier molecular flexibility index (Phi) is 4.27. The van der Waals surface area contributed by atoms with Crippen LogP contribution in [0.3, 0.4) is 0 Å². The fraction of sp³-hybridized carbons (Fsp3) is 0.643. The summed E-state index contributed by atoms with van der Waals surface area (Å²) in [5.41, 5.74) is 0.604. The summed E-state index contributed by atoms with van der Waals surface area (Å²) in [6.07, 6.45) is 3.41. The molecule has 0 atom stereocenters. The molecule has 1 aromatic heterocycles. The number of aryl methyl sites for hydroxylation is 1. The Hall–Kier alpha value is -1.33. The average molecular weight is 266 g/mol. The third kappa shape index (κ3) is 2.98. The molecule has 106 valence electrons. The van der Waals surface area contributed by atoms with Crippen molar-refractivity contribution < 1.29 is 13.9 Å². The van der Waals surface area contributed by atoms with Gasteiger partial charge in [-0.3, -0.25) is 4.79 Å². The number of hydrogen-bond donors (Lipinski definition) is 1. The number of carbonyl (C=O) groups excluding carboxylic acids is 1. The predicted octanol–water partition coefficient (Wildman–Crippen LogP) is 1.43. The lowest BCUT2D eigenvalue weighted by atomic mass is 9.88. The number of likely N-dealkylation sites (N-methyl/N-ethyl adjacent to an activating group) is 1. The molecular formula is C14H22N2O3. The Morgan fingerprint density at radius 1 is 1.42 bits per heavy atom. The highest BCUT2D eigenvalue weighted by molar-refractivity contribution is 5.95. The van der Waals surface area contributed by atoms with Gasteiger partial charge in [-0.25, -0.2) is 0 Å². The van der Waals surface area contributed by atoms with E-state index in [-0.39, 0.29) is 11.4 Å². The predicted molar refractivity (Wildman–Crippen MR) is 72.2 cm³/mol. The molecule has 1 aromatic rings. The number of furan rings is 1. The molecule has 19 heavy (non-hydrogen) atoms. The molecule has 0 aliphatic carbocycles. The number of carbonyl (C=O) groups is 1. The van der Waals surface area contributed by atoms with Crippen molar-refractivity contribution in [3.05, 3.63) is 23.7 Å². The highest BCUT2D eigenvalue weighted by Gasteiger charge is 2.35. The van der Waals surface area contributed by atoms with Gasteiger partial charge in [-0.2, -0.15) is 0 Å². The van der Waals surface area contributed by atoms with Crippen LogP contribution in [0, 0.1) is 6.92 Å². The molecule has 1 N–H and O–H groups in total. The van der Waals surface area contributed by atoms with E-state index in [1.54, 1.807) is 19.3 Å². The molecule has 2 heterocycles. The zero-order chi connectivity index (χ0) is 13.9. The highest BCUT2D eigenvalue weighted by atomic mass is 16.5. The second-order valence-electron chi connectivity index (χ2n) is 5.30. The van der Waals surface area contributed by atoms with E-state index in [4.69, 9.17) is 9.15 Å². The SMILES string of the molecule is Cc1occc1C(=O)NCC1(N(C)C)CCOCC1. The minimum atomic E-state index is -0.0704. The molecule has 0 unspecified atom stereocenters. The van der Waals surface area contributed by atoms with E-state index in [0.29, 0.717) is 17.9 Å². The number of ether oxygens (including phenoxy) is 1. The van der Waals surface area contributed by atoms with Gasteiger partial charge in [-0.15, -0.1) is 0 Å². The van der Waals surface area contributed by atoms with Crippen LogP contribution in [0.2, 0.25) is 0 Å². The van der Waals surface area contributed by atoms with E-state index in [1.165, 1.54) is 0 Å². The van der Waals surface area contributed by atoms with Gasteiger partial charge in [0.25, 0.3) is 5.91 Å². The summed E-state index contributed by atoms with van der Waals surface area (Å²) in [4.78, 5) is 14.3. The monoisotopic (exact) mass is 266 g/mol. The fourth-order valence-electron chi connectivity index (χ4n) is 2.49. The largest absolute Gasteiger partial charge is 0.469 e. The van der Waals surface area contributed by atoms with Crippen LogP contribution in [0.25, 0.3) is 0 Å². The number of hydrogen-bond acceptors (Lipinski definition) is 4. The second-order valence-corrected chi connectivity index (χ2v) is 5.30. The van der Waals surface area contributed by atoms with Crippen LogP contribution in [-0.4, -0.2) is 50.2 Å². The topological polar surface area (TPSA) is 54.7 Å². The maximum absolute atomic E-state index is 12.1. The first-order chi connectivity index (χ1) is 9.05. The quantitative estimate of drug-likeness (QED) is 0.895. The van der Waals surface area contributed by atoms with Gasteiger partial charge < -0.3 is 19.4 Å². The second kappa shape index (κ2) is 5.75. The van der Waals surface area contributed by atoms with Crippen LogP contribution in [0.15, 0.2) is 16.7 Å². The van der Waals surface area contributed by atoms with Crippen molar-refractivity contribution in [2.75, 3.05) is 33.9 Å². The molecule has 5 heteroatoms. The van der Waals surface area contributed by atoms with Crippen LogP contribution in [0.5, 0.6) is 0 Å². The number of nitrogens with zero attached hydrogens (tertiary/aromatic N) is 1. The molecular weight excluding hydrogens is 244 g/mol. The molecule has 1 amide bonds. The van der Waals surface area contributed by atoms with Gasteiger partial charge >= 0.3 is 0 Å². The molecule has 0 saturated carbocycles. The van der Waals surface area contributed by atoms with Crippen molar-refractivity contribution in [1.82, 2.24) is 10.2 Å².